The molecule has 0 saturated carbocycles. The van der Waals surface area contributed by atoms with Gasteiger partial charge in [-0.3, -0.25) is 4.79 Å². The average molecular weight is 336 g/mol. The van der Waals surface area contributed by atoms with E-state index in [9.17, 15) is 14.3 Å². The molecular weight excluding hydrogens is 307 g/mol. The van der Waals surface area contributed by atoms with Gasteiger partial charge in [-0.05, 0) is 44.8 Å². The number of piperidine rings is 1. The summed E-state index contributed by atoms with van der Waals surface area (Å²) in [5.74, 6) is 0.213. The molecule has 1 saturated heterocycles. The van der Waals surface area contributed by atoms with Crippen LogP contribution < -0.4 is 5.32 Å². The summed E-state index contributed by atoms with van der Waals surface area (Å²) in [6.45, 7) is 8.12. The molecule has 0 radical (unpaired) electrons. The SMILES string of the molecule is CC(C)C(C)NC(=O)C1CCN(CC(O)c2ccccc2F)CC1. The van der Waals surface area contributed by atoms with Crippen LogP contribution in [0.25, 0.3) is 0 Å². The first kappa shape index (κ1) is 18.9. The molecule has 2 unspecified atom stereocenters. The van der Waals surface area contributed by atoms with Crippen molar-refractivity contribution >= 4 is 5.91 Å². The fourth-order valence-corrected chi connectivity index (χ4v) is 2.97. The minimum atomic E-state index is -0.836. The summed E-state index contributed by atoms with van der Waals surface area (Å²) in [7, 11) is 0. The molecule has 1 aliphatic heterocycles. The Hall–Kier alpha value is -1.46. The molecule has 2 rings (SSSR count). The predicted octanol–water partition coefficient (Wildman–Crippen LogP) is 2.73. The topological polar surface area (TPSA) is 52.6 Å². The van der Waals surface area contributed by atoms with Crippen molar-refractivity contribution in [1.82, 2.24) is 10.2 Å². The summed E-state index contributed by atoms with van der Waals surface area (Å²) in [4.78, 5) is 14.4. The Kier molecular flexibility index (Phi) is 6.75. The molecule has 2 atom stereocenters. The van der Waals surface area contributed by atoms with Crippen LogP contribution in [-0.2, 0) is 4.79 Å². The molecule has 1 aromatic rings. The fraction of sp³-hybridized carbons (Fsp3) is 0.632. The van der Waals surface area contributed by atoms with Crippen molar-refractivity contribution in [2.24, 2.45) is 11.8 Å². The van der Waals surface area contributed by atoms with Crippen LogP contribution in [0.15, 0.2) is 24.3 Å². The van der Waals surface area contributed by atoms with E-state index in [1.807, 2.05) is 6.92 Å². The smallest absolute Gasteiger partial charge is 0.223 e. The molecule has 1 amide bonds. The lowest BCUT2D eigenvalue weighted by molar-refractivity contribution is -0.127. The molecule has 1 aromatic carbocycles. The number of benzene rings is 1. The standard InChI is InChI=1S/C19H29FN2O2/c1-13(2)14(3)21-19(24)15-8-10-22(11-9-15)12-18(23)16-6-4-5-7-17(16)20/h4-7,13-15,18,23H,8-12H2,1-3H3,(H,21,24). The molecule has 5 heteroatoms. The lowest BCUT2D eigenvalue weighted by Crippen LogP contribution is -2.45. The van der Waals surface area contributed by atoms with E-state index in [-0.39, 0.29) is 23.7 Å². The van der Waals surface area contributed by atoms with Gasteiger partial charge >= 0.3 is 0 Å². The van der Waals surface area contributed by atoms with Gasteiger partial charge < -0.3 is 15.3 Å². The summed E-state index contributed by atoms with van der Waals surface area (Å²) in [6.07, 6.45) is 0.721. The number of carbonyl (C=O) groups excluding carboxylic acids is 1. The van der Waals surface area contributed by atoms with Gasteiger partial charge in [0.1, 0.15) is 5.82 Å². The third-order valence-corrected chi connectivity index (χ3v) is 5.02. The number of nitrogens with one attached hydrogen (secondary N) is 1. The number of hydrogen-bond acceptors (Lipinski definition) is 3. The minimum absolute atomic E-state index is 0.0352. The maximum absolute atomic E-state index is 13.7. The van der Waals surface area contributed by atoms with Crippen LogP contribution in [-0.4, -0.2) is 41.6 Å². The molecule has 0 spiro atoms. The average Bonchev–Trinajstić information content (AvgIpc) is 2.55. The first-order chi connectivity index (χ1) is 11.4. The number of likely N-dealkylation sites (tertiary alicyclic amines) is 1. The van der Waals surface area contributed by atoms with Gasteiger partial charge in [0.05, 0.1) is 6.10 Å². The molecular formula is C19H29FN2O2. The van der Waals surface area contributed by atoms with E-state index in [1.165, 1.54) is 6.07 Å². The van der Waals surface area contributed by atoms with Gasteiger partial charge in [-0.1, -0.05) is 32.0 Å². The summed E-state index contributed by atoms with van der Waals surface area (Å²) < 4.78 is 13.7. The Balaban J connectivity index is 1.80. The summed E-state index contributed by atoms with van der Waals surface area (Å²) >= 11 is 0. The number of amides is 1. The number of hydrogen-bond donors (Lipinski definition) is 2. The van der Waals surface area contributed by atoms with Crippen LogP contribution in [0.3, 0.4) is 0 Å². The van der Waals surface area contributed by atoms with E-state index in [2.05, 4.69) is 24.1 Å². The third-order valence-electron chi connectivity index (χ3n) is 5.02. The molecule has 134 valence electrons. The van der Waals surface area contributed by atoms with Crippen LogP contribution in [0, 0.1) is 17.7 Å². The first-order valence-electron chi connectivity index (χ1n) is 8.83. The second kappa shape index (κ2) is 8.58. The number of aliphatic hydroxyl groups excluding tert-OH is 1. The van der Waals surface area contributed by atoms with Crippen LogP contribution in [0.1, 0.15) is 45.3 Å². The molecule has 24 heavy (non-hydrogen) atoms. The molecule has 1 heterocycles. The number of β-amino-alcohol motifs (C(OH)–C–C–N with tert-alkyl or cyclic N) is 1. The number of rotatable bonds is 6. The lowest BCUT2D eigenvalue weighted by Gasteiger charge is -2.33. The minimum Gasteiger partial charge on any atom is -0.387 e. The number of aliphatic hydroxyl groups is 1. The summed E-state index contributed by atoms with van der Waals surface area (Å²) in [6, 6.07) is 6.51. The van der Waals surface area contributed by atoms with E-state index in [4.69, 9.17) is 0 Å². The van der Waals surface area contributed by atoms with Gasteiger partial charge in [0.25, 0.3) is 0 Å². The molecule has 0 aromatic heterocycles. The van der Waals surface area contributed by atoms with Crippen molar-refractivity contribution in [3.63, 3.8) is 0 Å². The largest absolute Gasteiger partial charge is 0.387 e. The molecule has 1 fully saturated rings. The second-order valence-electron chi connectivity index (χ2n) is 7.15. The highest BCUT2D eigenvalue weighted by Gasteiger charge is 2.27. The van der Waals surface area contributed by atoms with E-state index in [0.29, 0.717) is 18.0 Å². The quantitative estimate of drug-likeness (QED) is 0.840. The molecule has 1 aliphatic rings. The lowest BCUT2D eigenvalue weighted by atomic mass is 9.94. The maximum Gasteiger partial charge on any atom is 0.223 e. The zero-order valence-electron chi connectivity index (χ0n) is 14.8. The number of carbonyl (C=O) groups is 1. The van der Waals surface area contributed by atoms with Gasteiger partial charge in [-0.15, -0.1) is 0 Å². The van der Waals surface area contributed by atoms with Crippen molar-refractivity contribution in [3.8, 4) is 0 Å². The number of halogens is 1. The molecule has 0 aliphatic carbocycles. The molecule has 4 nitrogen and oxygen atoms in total. The fourth-order valence-electron chi connectivity index (χ4n) is 2.97. The zero-order valence-corrected chi connectivity index (χ0v) is 14.8. The Morgan fingerprint density at radius 1 is 1.29 bits per heavy atom. The van der Waals surface area contributed by atoms with Gasteiger partial charge in [0.2, 0.25) is 5.91 Å². The second-order valence-corrected chi connectivity index (χ2v) is 7.15. The monoisotopic (exact) mass is 336 g/mol. The Morgan fingerprint density at radius 2 is 1.92 bits per heavy atom. The Morgan fingerprint density at radius 3 is 2.50 bits per heavy atom. The van der Waals surface area contributed by atoms with Crippen LogP contribution >= 0.6 is 0 Å². The predicted molar refractivity (Wildman–Crippen MR) is 93.0 cm³/mol. The van der Waals surface area contributed by atoms with Crippen LogP contribution in [0.4, 0.5) is 4.39 Å². The third kappa shape index (κ3) is 5.02. The van der Waals surface area contributed by atoms with E-state index < -0.39 is 6.10 Å². The van der Waals surface area contributed by atoms with Crippen molar-refractivity contribution in [2.75, 3.05) is 19.6 Å². The number of nitrogens with zero attached hydrogens (tertiary/aromatic N) is 1. The van der Waals surface area contributed by atoms with Crippen LogP contribution in [0.5, 0.6) is 0 Å². The van der Waals surface area contributed by atoms with Crippen LogP contribution in [0.2, 0.25) is 0 Å². The van der Waals surface area contributed by atoms with Crippen molar-refractivity contribution in [3.05, 3.63) is 35.6 Å². The van der Waals surface area contributed by atoms with Crippen molar-refractivity contribution in [2.45, 2.75) is 45.8 Å². The van der Waals surface area contributed by atoms with E-state index >= 15 is 0 Å². The highest BCUT2D eigenvalue weighted by molar-refractivity contribution is 5.79. The summed E-state index contributed by atoms with van der Waals surface area (Å²) in [5.41, 5.74) is 0.336. The Bertz CT molecular complexity index is 542. The van der Waals surface area contributed by atoms with E-state index in [0.717, 1.165) is 25.9 Å². The molecule has 2 N–H and O–H groups in total. The zero-order chi connectivity index (χ0) is 17.7. The van der Waals surface area contributed by atoms with Gasteiger partial charge in [0.15, 0.2) is 0 Å². The Labute approximate surface area is 144 Å². The van der Waals surface area contributed by atoms with E-state index in [1.54, 1.807) is 18.2 Å². The van der Waals surface area contributed by atoms with Crippen molar-refractivity contribution < 1.29 is 14.3 Å². The first-order valence-corrected chi connectivity index (χ1v) is 8.83. The molecule has 0 bridgehead atoms. The highest BCUT2D eigenvalue weighted by Crippen LogP contribution is 2.22. The van der Waals surface area contributed by atoms with Gasteiger partial charge in [-0.2, -0.15) is 0 Å². The van der Waals surface area contributed by atoms with Gasteiger partial charge in [0, 0.05) is 24.1 Å². The summed E-state index contributed by atoms with van der Waals surface area (Å²) in [5, 5.41) is 13.3. The highest BCUT2D eigenvalue weighted by atomic mass is 19.1. The van der Waals surface area contributed by atoms with Crippen molar-refractivity contribution in [1.29, 1.82) is 0 Å². The van der Waals surface area contributed by atoms with Gasteiger partial charge in [-0.25, -0.2) is 4.39 Å². The normalized spacial score (nSPS) is 19.2. The maximum atomic E-state index is 13.7.